The normalized spacial score (nSPS) is 11.2. The quantitative estimate of drug-likeness (QED) is 0.811. The van der Waals surface area contributed by atoms with Crippen LogP contribution in [-0.4, -0.2) is 28.3 Å². The molecular weight excluding hydrogens is 240 g/mol. The second-order valence-corrected chi connectivity index (χ2v) is 5.83. The standard InChI is InChI=1S/C11H18N2O3S/c1-4-7-17(14,15)13(2)9-5-6-11(16-3)10(12)8-9/h5-6,8H,4,7,12H2,1-3H3. The Labute approximate surface area is 102 Å². The molecule has 0 saturated heterocycles. The summed E-state index contributed by atoms with van der Waals surface area (Å²) in [5.41, 5.74) is 6.70. The van der Waals surface area contributed by atoms with Crippen LogP contribution >= 0.6 is 0 Å². The van der Waals surface area contributed by atoms with E-state index in [1.165, 1.54) is 18.5 Å². The first-order chi connectivity index (χ1) is 7.92. The molecular formula is C11H18N2O3S. The number of hydrogen-bond acceptors (Lipinski definition) is 4. The largest absolute Gasteiger partial charge is 0.495 e. The summed E-state index contributed by atoms with van der Waals surface area (Å²) in [7, 11) is -0.226. The van der Waals surface area contributed by atoms with Crippen molar-refractivity contribution in [2.24, 2.45) is 0 Å². The van der Waals surface area contributed by atoms with Crippen LogP contribution in [0.15, 0.2) is 18.2 Å². The van der Waals surface area contributed by atoms with E-state index >= 15 is 0 Å². The number of ether oxygens (including phenoxy) is 1. The van der Waals surface area contributed by atoms with E-state index in [2.05, 4.69) is 0 Å². The van der Waals surface area contributed by atoms with Gasteiger partial charge in [0, 0.05) is 7.05 Å². The Morgan fingerprint density at radius 1 is 1.41 bits per heavy atom. The molecule has 0 spiro atoms. The number of nitrogens with two attached hydrogens (primary N) is 1. The number of nitrogen functional groups attached to an aromatic ring is 1. The fourth-order valence-corrected chi connectivity index (χ4v) is 2.70. The van der Waals surface area contributed by atoms with Crippen LogP contribution in [-0.2, 0) is 10.0 Å². The van der Waals surface area contributed by atoms with Gasteiger partial charge in [-0.3, -0.25) is 4.31 Å². The van der Waals surface area contributed by atoms with Crippen LogP contribution in [0.2, 0.25) is 0 Å². The molecule has 0 amide bonds. The summed E-state index contributed by atoms with van der Waals surface area (Å²) in [6.45, 7) is 1.83. The molecule has 0 unspecified atom stereocenters. The average Bonchev–Trinajstić information content (AvgIpc) is 2.27. The first kappa shape index (κ1) is 13.6. The van der Waals surface area contributed by atoms with Crippen LogP contribution in [0.25, 0.3) is 0 Å². The van der Waals surface area contributed by atoms with E-state index in [1.54, 1.807) is 18.2 Å². The monoisotopic (exact) mass is 258 g/mol. The highest BCUT2D eigenvalue weighted by atomic mass is 32.2. The molecule has 17 heavy (non-hydrogen) atoms. The highest BCUT2D eigenvalue weighted by Crippen LogP contribution is 2.27. The maximum Gasteiger partial charge on any atom is 0.234 e. The van der Waals surface area contributed by atoms with Gasteiger partial charge < -0.3 is 10.5 Å². The summed E-state index contributed by atoms with van der Waals surface area (Å²) in [4.78, 5) is 0. The summed E-state index contributed by atoms with van der Waals surface area (Å²) in [6.07, 6.45) is 0.582. The molecule has 1 aromatic rings. The lowest BCUT2D eigenvalue weighted by atomic mass is 10.2. The predicted octanol–water partition coefficient (Wildman–Crippen LogP) is 1.45. The minimum atomic E-state index is -3.26. The zero-order valence-corrected chi connectivity index (χ0v) is 11.1. The van der Waals surface area contributed by atoms with Crippen molar-refractivity contribution in [2.45, 2.75) is 13.3 Å². The van der Waals surface area contributed by atoms with Gasteiger partial charge in [0.25, 0.3) is 0 Å². The van der Waals surface area contributed by atoms with Gasteiger partial charge in [0.15, 0.2) is 0 Å². The Morgan fingerprint density at radius 3 is 2.53 bits per heavy atom. The summed E-state index contributed by atoms with van der Waals surface area (Å²) in [5, 5.41) is 0. The second-order valence-electron chi connectivity index (χ2n) is 3.71. The number of benzene rings is 1. The molecule has 1 aromatic carbocycles. The van der Waals surface area contributed by atoms with Crippen molar-refractivity contribution in [3.05, 3.63) is 18.2 Å². The topological polar surface area (TPSA) is 72.6 Å². The number of hydrogen-bond donors (Lipinski definition) is 1. The van der Waals surface area contributed by atoms with Gasteiger partial charge in [-0.05, 0) is 24.6 Å². The summed E-state index contributed by atoms with van der Waals surface area (Å²) < 4.78 is 30.0. The SMILES string of the molecule is CCCS(=O)(=O)N(C)c1ccc(OC)c(N)c1. The van der Waals surface area contributed by atoms with Crippen molar-refractivity contribution in [2.75, 3.05) is 29.9 Å². The molecule has 0 fully saturated rings. The molecule has 2 N–H and O–H groups in total. The number of rotatable bonds is 5. The van der Waals surface area contributed by atoms with Gasteiger partial charge in [-0.1, -0.05) is 6.92 Å². The lowest BCUT2D eigenvalue weighted by Gasteiger charge is -2.20. The number of anilines is 2. The first-order valence-corrected chi connectivity index (χ1v) is 6.93. The van der Waals surface area contributed by atoms with Crippen LogP contribution in [0.1, 0.15) is 13.3 Å². The van der Waals surface area contributed by atoms with Gasteiger partial charge in [-0.2, -0.15) is 0 Å². The van der Waals surface area contributed by atoms with Gasteiger partial charge in [0.1, 0.15) is 5.75 Å². The van der Waals surface area contributed by atoms with Gasteiger partial charge in [0.2, 0.25) is 10.0 Å². The van der Waals surface area contributed by atoms with Crippen molar-refractivity contribution in [1.29, 1.82) is 0 Å². The molecule has 6 heteroatoms. The Morgan fingerprint density at radius 2 is 2.06 bits per heavy atom. The molecule has 96 valence electrons. The van der Waals surface area contributed by atoms with Crippen LogP contribution in [0.4, 0.5) is 11.4 Å². The Hall–Kier alpha value is -1.43. The third-order valence-corrected chi connectivity index (χ3v) is 4.43. The lowest BCUT2D eigenvalue weighted by molar-refractivity contribution is 0.417. The Balaban J connectivity index is 3.05. The highest BCUT2D eigenvalue weighted by Gasteiger charge is 2.17. The van der Waals surface area contributed by atoms with Gasteiger partial charge >= 0.3 is 0 Å². The van der Waals surface area contributed by atoms with Crippen molar-refractivity contribution >= 4 is 21.4 Å². The van der Waals surface area contributed by atoms with E-state index in [1.807, 2.05) is 6.92 Å². The second kappa shape index (κ2) is 5.27. The molecule has 1 rings (SSSR count). The molecule has 0 aliphatic carbocycles. The summed E-state index contributed by atoms with van der Waals surface area (Å²) in [6, 6.07) is 4.91. The van der Waals surface area contributed by atoms with E-state index in [-0.39, 0.29) is 5.75 Å². The zero-order valence-electron chi connectivity index (χ0n) is 10.3. The van der Waals surface area contributed by atoms with E-state index in [0.29, 0.717) is 23.5 Å². The van der Waals surface area contributed by atoms with Crippen LogP contribution < -0.4 is 14.8 Å². The highest BCUT2D eigenvalue weighted by molar-refractivity contribution is 7.92. The van der Waals surface area contributed by atoms with Gasteiger partial charge in [-0.25, -0.2) is 8.42 Å². The maximum absolute atomic E-state index is 11.9. The fraction of sp³-hybridized carbons (Fsp3) is 0.455. The third kappa shape index (κ3) is 3.03. The molecule has 0 bridgehead atoms. The van der Waals surface area contributed by atoms with E-state index in [4.69, 9.17) is 10.5 Å². The number of methoxy groups -OCH3 is 1. The van der Waals surface area contributed by atoms with Crippen molar-refractivity contribution < 1.29 is 13.2 Å². The summed E-state index contributed by atoms with van der Waals surface area (Å²) >= 11 is 0. The minimum absolute atomic E-state index is 0.120. The minimum Gasteiger partial charge on any atom is -0.495 e. The van der Waals surface area contributed by atoms with Gasteiger partial charge in [0.05, 0.1) is 24.2 Å². The first-order valence-electron chi connectivity index (χ1n) is 5.32. The molecule has 0 aliphatic rings. The molecule has 0 aromatic heterocycles. The van der Waals surface area contributed by atoms with Crippen LogP contribution in [0, 0.1) is 0 Å². The fourth-order valence-electron chi connectivity index (χ4n) is 1.47. The Kier molecular flexibility index (Phi) is 4.22. The molecule has 0 atom stereocenters. The van der Waals surface area contributed by atoms with Crippen LogP contribution in [0.3, 0.4) is 0 Å². The number of sulfonamides is 1. The lowest BCUT2D eigenvalue weighted by Crippen LogP contribution is -2.28. The number of nitrogens with zero attached hydrogens (tertiary/aromatic N) is 1. The van der Waals surface area contributed by atoms with E-state index < -0.39 is 10.0 Å². The predicted molar refractivity (Wildman–Crippen MR) is 69.9 cm³/mol. The van der Waals surface area contributed by atoms with Crippen molar-refractivity contribution in [3.63, 3.8) is 0 Å². The maximum atomic E-state index is 11.9. The molecule has 0 heterocycles. The van der Waals surface area contributed by atoms with Crippen LogP contribution in [0.5, 0.6) is 5.75 Å². The molecule has 5 nitrogen and oxygen atoms in total. The molecule has 0 radical (unpaired) electrons. The van der Waals surface area contributed by atoms with E-state index in [0.717, 1.165) is 0 Å². The molecule has 0 aliphatic heterocycles. The smallest absolute Gasteiger partial charge is 0.234 e. The van der Waals surface area contributed by atoms with Crippen molar-refractivity contribution in [1.82, 2.24) is 0 Å². The van der Waals surface area contributed by atoms with Gasteiger partial charge in [-0.15, -0.1) is 0 Å². The summed E-state index contributed by atoms with van der Waals surface area (Å²) in [5.74, 6) is 0.658. The zero-order chi connectivity index (χ0) is 13.1. The third-order valence-electron chi connectivity index (χ3n) is 2.46. The average molecular weight is 258 g/mol. The van der Waals surface area contributed by atoms with Crippen molar-refractivity contribution in [3.8, 4) is 5.75 Å². The van der Waals surface area contributed by atoms with E-state index in [9.17, 15) is 8.42 Å². The Bertz CT molecular complexity index is 485. The molecule has 0 saturated carbocycles.